The Hall–Kier alpha value is -1.69. The zero-order valence-electron chi connectivity index (χ0n) is 6.43. The van der Waals surface area contributed by atoms with Crippen molar-refractivity contribution in [3.8, 4) is 0 Å². The van der Waals surface area contributed by atoms with E-state index in [-0.39, 0.29) is 0 Å². The summed E-state index contributed by atoms with van der Waals surface area (Å²) in [4.78, 5) is 0. The molecule has 0 amide bonds. The SMILES string of the molecule is O=S(=O)=Nc1ccc2[nH]ncc2c1. The van der Waals surface area contributed by atoms with E-state index in [2.05, 4.69) is 14.6 Å². The monoisotopic (exact) mass is 195 g/mol. The van der Waals surface area contributed by atoms with Gasteiger partial charge >= 0.3 is 10.5 Å². The first-order chi connectivity index (χ1) is 6.25. The molecule has 0 fully saturated rings. The average Bonchev–Trinajstić information content (AvgIpc) is 2.49. The first kappa shape index (κ1) is 7.93. The van der Waals surface area contributed by atoms with Gasteiger partial charge in [-0.15, -0.1) is 4.36 Å². The van der Waals surface area contributed by atoms with E-state index in [9.17, 15) is 8.42 Å². The minimum absolute atomic E-state index is 0.405. The maximum atomic E-state index is 10.3. The van der Waals surface area contributed by atoms with E-state index in [0.717, 1.165) is 10.9 Å². The molecule has 1 aromatic carbocycles. The van der Waals surface area contributed by atoms with Crippen LogP contribution in [0.4, 0.5) is 5.69 Å². The van der Waals surface area contributed by atoms with Crippen LogP contribution in [0.1, 0.15) is 0 Å². The number of nitrogens with one attached hydrogen (secondary N) is 1. The maximum Gasteiger partial charge on any atom is 0.316 e. The van der Waals surface area contributed by atoms with Crippen molar-refractivity contribution in [3.63, 3.8) is 0 Å². The van der Waals surface area contributed by atoms with E-state index < -0.39 is 10.5 Å². The van der Waals surface area contributed by atoms with Crippen molar-refractivity contribution in [1.29, 1.82) is 0 Å². The third kappa shape index (κ3) is 1.57. The molecule has 0 atom stereocenters. The molecule has 6 heteroatoms. The van der Waals surface area contributed by atoms with Crippen LogP contribution in [0.2, 0.25) is 0 Å². The number of fused-ring (bicyclic) bond motifs is 1. The van der Waals surface area contributed by atoms with Gasteiger partial charge in [-0.05, 0) is 18.2 Å². The van der Waals surface area contributed by atoms with Crippen molar-refractivity contribution in [1.82, 2.24) is 10.2 Å². The number of hydrogen-bond acceptors (Lipinski definition) is 4. The summed E-state index contributed by atoms with van der Waals surface area (Å²) in [5, 5.41) is 7.39. The standard InChI is InChI=1S/C7H5N3O2S/c11-13(12)10-6-1-2-7-5(3-6)4-8-9-7/h1-4H,(H,8,9). The van der Waals surface area contributed by atoms with Gasteiger partial charge in [0.15, 0.2) is 0 Å². The molecule has 0 saturated heterocycles. The highest BCUT2D eigenvalue weighted by Gasteiger charge is 1.96. The van der Waals surface area contributed by atoms with E-state index >= 15 is 0 Å². The minimum Gasteiger partial charge on any atom is -0.278 e. The van der Waals surface area contributed by atoms with Crippen LogP contribution in [0, 0.1) is 0 Å². The van der Waals surface area contributed by atoms with Crippen molar-refractivity contribution < 1.29 is 8.42 Å². The second-order valence-electron chi connectivity index (χ2n) is 2.45. The van der Waals surface area contributed by atoms with E-state index in [0.29, 0.717) is 5.69 Å². The van der Waals surface area contributed by atoms with Gasteiger partial charge in [-0.1, -0.05) is 0 Å². The molecule has 1 N–H and O–H groups in total. The van der Waals surface area contributed by atoms with Crippen LogP contribution >= 0.6 is 0 Å². The summed E-state index contributed by atoms with van der Waals surface area (Å²) >= 11 is 0. The van der Waals surface area contributed by atoms with Gasteiger partial charge in [-0.25, -0.2) is 0 Å². The van der Waals surface area contributed by atoms with Gasteiger partial charge < -0.3 is 0 Å². The lowest BCUT2D eigenvalue weighted by atomic mass is 10.2. The molecule has 0 unspecified atom stereocenters. The summed E-state index contributed by atoms with van der Waals surface area (Å²) in [6, 6.07) is 4.99. The number of aromatic nitrogens is 2. The highest BCUT2D eigenvalue weighted by molar-refractivity contribution is 7.61. The third-order valence-electron chi connectivity index (χ3n) is 1.60. The Labute approximate surface area is 75.1 Å². The van der Waals surface area contributed by atoms with Gasteiger partial charge in [0, 0.05) is 5.39 Å². The molecule has 1 aromatic heterocycles. The number of nitrogens with zero attached hydrogens (tertiary/aromatic N) is 2. The first-order valence-corrected chi connectivity index (χ1v) is 4.53. The summed E-state index contributed by atoms with van der Waals surface area (Å²) in [6.45, 7) is 0. The quantitative estimate of drug-likeness (QED) is 0.744. The predicted molar refractivity (Wildman–Crippen MR) is 47.1 cm³/mol. The zero-order valence-corrected chi connectivity index (χ0v) is 7.25. The van der Waals surface area contributed by atoms with Crippen molar-refractivity contribution in [3.05, 3.63) is 24.4 Å². The van der Waals surface area contributed by atoms with Gasteiger partial charge in [-0.3, -0.25) is 5.10 Å². The Balaban J connectivity index is 2.67. The molecular formula is C7H5N3O2S. The van der Waals surface area contributed by atoms with Crippen LogP contribution in [-0.2, 0) is 10.5 Å². The Kier molecular flexibility index (Phi) is 1.82. The van der Waals surface area contributed by atoms with Crippen LogP contribution < -0.4 is 0 Å². The molecule has 0 spiro atoms. The van der Waals surface area contributed by atoms with Gasteiger partial charge in [-0.2, -0.15) is 13.5 Å². The number of aromatic amines is 1. The zero-order chi connectivity index (χ0) is 9.26. The smallest absolute Gasteiger partial charge is 0.278 e. The molecular weight excluding hydrogens is 190 g/mol. The molecule has 0 aliphatic heterocycles. The molecule has 13 heavy (non-hydrogen) atoms. The predicted octanol–water partition coefficient (Wildman–Crippen LogP) is 1.26. The molecule has 1 heterocycles. The maximum absolute atomic E-state index is 10.3. The molecule has 2 rings (SSSR count). The topological polar surface area (TPSA) is 75.2 Å². The molecule has 66 valence electrons. The third-order valence-corrected chi connectivity index (χ3v) is 1.96. The van der Waals surface area contributed by atoms with Crippen LogP contribution in [-0.4, -0.2) is 18.6 Å². The van der Waals surface area contributed by atoms with Gasteiger partial charge in [0.1, 0.15) is 0 Å². The van der Waals surface area contributed by atoms with Crippen LogP contribution in [0.15, 0.2) is 28.8 Å². The lowest BCUT2D eigenvalue weighted by molar-refractivity contribution is 0.622. The summed E-state index contributed by atoms with van der Waals surface area (Å²) in [5.41, 5.74) is 1.26. The lowest BCUT2D eigenvalue weighted by Gasteiger charge is -1.88. The van der Waals surface area contributed by atoms with E-state index in [1.54, 1.807) is 24.4 Å². The van der Waals surface area contributed by atoms with Crippen molar-refractivity contribution in [2.45, 2.75) is 0 Å². The Bertz CT molecular complexity index is 562. The fourth-order valence-electron chi connectivity index (χ4n) is 1.07. The number of hydrogen-bond donors (Lipinski definition) is 1. The van der Waals surface area contributed by atoms with Crippen molar-refractivity contribution >= 4 is 27.1 Å². The molecule has 0 saturated carbocycles. The second kappa shape index (κ2) is 2.98. The van der Waals surface area contributed by atoms with Crippen LogP contribution in [0.25, 0.3) is 10.9 Å². The number of rotatable bonds is 1. The van der Waals surface area contributed by atoms with Crippen LogP contribution in [0.5, 0.6) is 0 Å². The molecule has 0 radical (unpaired) electrons. The second-order valence-corrected chi connectivity index (χ2v) is 3.07. The van der Waals surface area contributed by atoms with E-state index in [1.165, 1.54) is 0 Å². The first-order valence-electron chi connectivity index (χ1n) is 3.50. The fourth-order valence-corrected chi connectivity index (χ4v) is 1.36. The summed E-state index contributed by atoms with van der Waals surface area (Å²) < 4.78 is 23.9. The molecule has 0 bridgehead atoms. The lowest BCUT2D eigenvalue weighted by Crippen LogP contribution is -1.67. The van der Waals surface area contributed by atoms with Gasteiger partial charge in [0.2, 0.25) is 0 Å². The summed E-state index contributed by atoms with van der Waals surface area (Å²) in [5.74, 6) is 0. The number of benzene rings is 1. The van der Waals surface area contributed by atoms with Gasteiger partial charge in [0.05, 0.1) is 17.4 Å². The Morgan fingerprint density at radius 1 is 1.38 bits per heavy atom. The molecule has 0 aliphatic carbocycles. The fraction of sp³-hybridized carbons (Fsp3) is 0. The highest BCUT2D eigenvalue weighted by Crippen LogP contribution is 2.18. The molecule has 5 nitrogen and oxygen atoms in total. The summed E-state index contributed by atoms with van der Waals surface area (Å²) in [7, 11) is -2.40. The number of H-pyrrole nitrogens is 1. The molecule has 0 aliphatic rings. The summed E-state index contributed by atoms with van der Waals surface area (Å²) in [6.07, 6.45) is 1.61. The van der Waals surface area contributed by atoms with E-state index in [4.69, 9.17) is 0 Å². The van der Waals surface area contributed by atoms with E-state index in [1.807, 2.05) is 0 Å². The Morgan fingerprint density at radius 2 is 2.23 bits per heavy atom. The van der Waals surface area contributed by atoms with Crippen LogP contribution in [0.3, 0.4) is 0 Å². The van der Waals surface area contributed by atoms with Crippen molar-refractivity contribution in [2.24, 2.45) is 4.36 Å². The minimum atomic E-state index is -2.40. The average molecular weight is 195 g/mol. The molecule has 2 aromatic rings. The van der Waals surface area contributed by atoms with Gasteiger partial charge in [0.25, 0.3) is 0 Å². The Morgan fingerprint density at radius 3 is 3.00 bits per heavy atom. The van der Waals surface area contributed by atoms with Crippen molar-refractivity contribution in [2.75, 3.05) is 0 Å². The largest absolute Gasteiger partial charge is 0.316 e. The normalized spacial score (nSPS) is 10.2. The highest BCUT2D eigenvalue weighted by atomic mass is 32.2.